The lowest BCUT2D eigenvalue weighted by molar-refractivity contribution is -0.385. The largest absolute Gasteiger partial charge is 0.457 e. The van der Waals surface area contributed by atoms with E-state index in [0.29, 0.717) is 17.2 Å². The van der Waals surface area contributed by atoms with Crippen LogP contribution in [0.1, 0.15) is 0 Å². The average Bonchev–Trinajstić information content (AvgIpc) is 2.62. The summed E-state index contributed by atoms with van der Waals surface area (Å²) >= 11 is 0. The Morgan fingerprint density at radius 2 is 1.44 bits per heavy atom. The molecule has 0 saturated carbocycles. The van der Waals surface area contributed by atoms with Gasteiger partial charge >= 0.3 is 5.69 Å². The number of ether oxygens (including phenoxy) is 2. The van der Waals surface area contributed by atoms with Crippen molar-refractivity contribution in [3.05, 3.63) is 82.9 Å². The average molecular weight is 385 g/mol. The fourth-order valence-electron chi connectivity index (χ4n) is 2.31. The van der Waals surface area contributed by atoms with E-state index in [9.17, 15) is 18.5 Å². The predicted octanol–water partition coefficient (Wildman–Crippen LogP) is 4.58. The molecular weight excluding hydrogens is 370 g/mol. The monoisotopic (exact) mass is 385 g/mol. The second-order valence-corrected chi connectivity index (χ2v) is 7.67. The molecule has 0 atom stereocenters. The lowest BCUT2D eigenvalue weighted by Crippen LogP contribution is -2.00. The van der Waals surface area contributed by atoms with Crippen LogP contribution in [0.15, 0.2) is 77.7 Å². The van der Waals surface area contributed by atoms with Crippen LogP contribution in [-0.2, 0) is 9.84 Å². The first-order chi connectivity index (χ1) is 12.8. The SMILES string of the molecule is CS(=O)(=O)c1ccc(Oc2cccc(Oc3ccccc3)c2)c([N+](=O)[O-])c1. The summed E-state index contributed by atoms with van der Waals surface area (Å²) < 4.78 is 34.5. The summed E-state index contributed by atoms with van der Waals surface area (Å²) in [6.45, 7) is 0. The van der Waals surface area contributed by atoms with Crippen molar-refractivity contribution in [3.63, 3.8) is 0 Å². The van der Waals surface area contributed by atoms with Gasteiger partial charge in [-0.25, -0.2) is 8.42 Å². The Bertz CT molecular complexity index is 1080. The number of hydrogen-bond acceptors (Lipinski definition) is 6. The van der Waals surface area contributed by atoms with Crippen molar-refractivity contribution in [2.45, 2.75) is 4.90 Å². The van der Waals surface area contributed by atoms with Gasteiger partial charge in [-0.3, -0.25) is 10.1 Å². The lowest BCUT2D eigenvalue weighted by atomic mass is 10.3. The molecule has 0 fully saturated rings. The van der Waals surface area contributed by atoms with Crippen molar-refractivity contribution in [3.8, 4) is 23.0 Å². The van der Waals surface area contributed by atoms with Gasteiger partial charge < -0.3 is 9.47 Å². The summed E-state index contributed by atoms with van der Waals surface area (Å²) in [5.74, 6) is 1.38. The molecule has 0 radical (unpaired) electrons. The van der Waals surface area contributed by atoms with Crippen molar-refractivity contribution in [1.82, 2.24) is 0 Å². The van der Waals surface area contributed by atoms with E-state index < -0.39 is 20.4 Å². The van der Waals surface area contributed by atoms with Crippen molar-refractivity contribution < 1.29 is 22.8 Å². The molecule has 27 heavy (non-hydrogen) atoms. The highest BCUT2D eigenvalue weighted by Gasteiger charge is 2.20. The van der Waals surface area contributed by atoms with E-state index in [0.717, 1.165) is 12.3 Å². The number of nitrogens with zero attached hydrogens (tertiary/aromatic N) is 1. The van der Waals surface area contributed by atoms with Gasteiger partial charge in [-0.2, -0.15) is 0 Å². The molecule has 0 aliphatic heterocycles. The third kappa shape index (κ3) is 4.62. The highest BCUT2D eigenvalue weighted by atomic mass is 32.2. The maximum Gasteiger partial charge on any atom is 0.312 e. The smallest absolute Gasteiger partial charge is 0.312 e. The van der Waals surface area contributed by atoms with Crippen LogP contribution in [0.4, 0.5) is 5.69 Å². The molecule has 0 amide bonds. The van der Waals surface area contributed by atoms with Crippen LogP contribution >= 0.6 is 0 Å². The quantitative estimate of drug-likeness (QED) is 0.455. The minimum atomic E-state index is -3.57. The summed E-state index contributed by atoms with van der Waals surface area (Å²) in [5, 5.41) is 11.3. The van der Waals surface area contributed by atoms with Crippen LogP contribution in [-0.4, -0.2) is 19.6 Å². The Labute approximate surface area is 155 Å². The first kappa shape index (κ1) is 18.4. The van der Waals surface area contributed by atoms with Crippen LogP contribution in [0.25, 0.3) is 0 Å². The van der Waals surface area contributed by atoms with Gasteiger partial charge in [-0.1, -0.05) is 24.3 Å². The molecule has 0 aromatic heterocycles. The van der Waals surface area contributed by atoms with Crippen molar-refractivity contribution in [1.29, 1.82) is 0 Å². The third-order valence-corrected chi connectivity index (χ3v) is 4.68. The number of benzene rings is 3. The fourth-order valence-corrected chi connectivity index (χ4v) is 2.95. The molecule has 0 bridgehead atoms. The minimum Gasteiger partial charge on any atom is -0.457 e. The Morgan fingerprint density at radius 3 is 2.07 bits per heavy atom. The van der Waals surface area contributed by atoms with Gasteiger partial charge in [0.25, 0.3) is 0 Å². The Kier molecular flexibility index (Phi) is 5.09. The van der Waals surface area contributed by atoms with Crippen molar-refractivity contribution in [2.75, 3.05) is 6.26 Å². The Morgan fingerprint density at radius 1 is 0.815 bits per heavy atom. The molecule has 3 aromatic carbocycles. The zero-order chi connectivity index (χ0) is 19.4. The number of rotatable bonds is 6. The van der Waals surface area contributed by atoms with Gasteiger partial charge in [0, 0.05) is 18.4 Å². The van der Waals surface area contributed by atoms with E-state index in [1.54, 1.807) is 36.4 Å². The molecule has 0 N–H and O–H groups in total. The van der Waals surface area contributed by atoms with Gasteiger partial charge in [0.05, 0.1) is 9.82 Å². The molecule has 0 spiro atoms. The maximum atomic E-state index is 11.6. The normalized spacial score (nSPS) is 11.0. The molecular formula is C19H15NO6S. The van der Waals surface area contributed by atoms with Gasteiger partial charge in [0.15, 0.2) is 9.84 Å². The second-order valence-electron chi connectivity index (χ2n) is 5.65. The molecule has 7 nitrogen and oxygen atoms in total. The molecule has 0 aliphatic rings. The first-order valence-corrected chi connectivity index (χ1v) is 9.71. The lowest BCUT2D eigenvalue weighted by Gasteiger charge is -2.10. The molecule has 3 aromatic rings. The number of sulfone groups is 1. The highest BCUT2D eigenvalue weighted by Crippen LogP contribution is 2.35. The topological polar surface area (TPSA) is 95.7 Å². The summed E-state index contributed by atoms with van der Waals surface area (Å²) in [5.41, 5.74) is -0.438. The van der Waals surface area contributed by atoms with E-state index in [2.05, 4.69) is 0 Å². The van der Waals surface area contributed by atoms with E-state index >= 15 is 0 Å². The van der Waals surface area contributed by atoms with Gasteiger partial charge in [-0.15, -0.1) is 0 Å². The summed E-state index contributed by atoms with van der Waals surface area (Å²) in [7, 11) is -3.57. The van der Waals surface area contributed by atoms with Crippen LogP contribution in [0.3, 0.4) is 0 Å². The second kappa shape index (κ2) is 7.46. The molecule has 0 unspecified atom stereocenters. The Balaban J connectivity index is 1.89. The zero-order valence-corrected chi connectivity index (χ0v) is 15.0. The van der Waals surface area contributed by atoms with Crippen LogP contribution in [0, 0.1) is 10.1 Å². The first-order valence-electron chi connectivity index (χ1n) is 7.82. The summed E-state index contributed by atoms with van der Waals surface area (Å²) in [4.78, 5) is 10.5. The molecule has 138 valence electrons. The van der Waals surface area contributed by atoms with Gasteiger partial charge in [0.2, 0.25) is 5.75 Å². The molecule has 0 saturated heterocycles. The van der Waals surface area contributed by atoms with E-state index in [-0.39, 0.29) is 10.6 Å². The van der Waals surface area contributed by atoms with Crippen molar-refractivity contribution in [2.24, 2.45) is 0 Å². The predicted molar refractivity (Wildman–Crippen MR) is 99.2 cm³/mol. The molecule has 0 heterocycles. The highest BCUT2D eigenvalue weighted by molar-refractivity contribution is 7.90. The number of nitro benzene ring substituents is 1. The minimum absolute atomic E-state index is 0.0655. The molecule has 8 heteroatoms. The van der Waals surface area contributed by atoms with E-state index in [4.69, 9.17) is 9.47 Å². The fraction of sp³-hybridized carbons (Fsp3) is 0.0526. The van der Waals surface area contributed by atoms with E-state index in [1.165, 1.54) is 12.1 Å². The summed E-state index contributed by atoms with van der Waals surface area (Å²) in [6, 6.07) is 19.2. The van der Waals surface area contributed by atoms with Crippen LogP contribution in [0.2, 0.25) is 0 Å². The van der Waals surface area contributed by atoms with Crippen molar-refractivity contribution >= 4 is 15.5 Å². The van der Waals surface area contributed by atoms with Crippen LogP contribution < -0.4 is 9.47 Å². The van der Waals surface area contributed by atoms with Crippen LogP contribution in [0.5, 0.6) is 23.0 Å². The maximum absolute atomic E-state index is 11.6. The Hall–Kier alpha value is -3.39. The molecule has 3 rings (SSSR count). The number of nitro groups is 1. The van der Waals surface area contributed by atoms with Gasteiger partial charge in [-0.05, 0) is 36.4 Å². The number of para-hydroxylation sites is 1. The van der Waals surface area contributed by atoms with Gasteiger partial charge in [0.1, 0.15) is 17.2 Å². The standard InChI is InChI=1S/C19H15NO6S/c1-27(23,24)17-10-11-19(18(13-17)20(21)22)26-16-9-5-8-15(12-16)25-14-6-3-2-4-7-14/h2-13H,1H3. The molecule has 0 aliphatic carbocycles. The zero-order valence-electron chi connectivity index (χ0n) is 14.2. The van der Waals surface area contributed by atoms with E-state index in [1.807, 2.05) is 18.2 Å². The summed E-state index contributed by atoms with van der Waals surface area (Å²) in [6.07, 6.45) is 0.983. The third-order valence-electron chi connectivity index (χ3n) is 3.57. The number of hydrogen-bond donors (Lipinski definition) is 0.